The van der Waals surface area contributed by atoms with Crippen LogP contribution in [0.5, 0.6) is 0 Å². The molecule has 2 nitrogen and oxygen atoms in total. The lowest BCUT2D eigenvalue weighted by atomic mass is 9.49. The predicted molar refractivity (Wildman–Crippen MR) is 92.3 cm³/mol. The van der Waals surface area contributed by atoms with Crippen molar-refractivity contribution in [3.8, 4) is 0 Å². The molecule has 148 valence electrons. The second-order valence-corrected chi connectivity index (χ2v) is 9.99. The van der Waals surface area contributed by atoms with Gasteiger partial charge in [0.15, 0.2) is 5.60 Å². The highest BCUT2D eigenvalue weighted by Crippen LogP contribution is 2.65. The summed E-state index contributed by atoms with van der Waals surface area (Å²) in [5.74, 6) is 2.44. The molecular formula is C21H31F3O2. The van der Waals surface area contributed by atoms with Crippen molar-refractivity contribution in [3.63, 3.8) is 0 Å². The molecule has 4 saturated carbocycles. The van der Waals surface area contributed by atoms with Gasteiger partial charge in [0.05, 0.1) is 0 Å². The van der Waals surface area contributed by atoms with Crippen molar-refractivity contribution in [3.05, 3.63) is 0 Å². The number of carbonyl (C=O) groups excluding carboxylic acids is 1. The van der Waals surface area contributed by atoms with Gasteiger partial charge in [-0.05, 0) is 99.7 Å². The van der Waals surface area contributed by atoms with Crippen LogP contribution in [0.25, 0.3) is 0 Å². The standard InChI is InChI=1S/C21H31F3O2/c1-12(25)17-5-6-18-16-4-3-13-11-20(26,21(22,23)24)10-8-14(13)15(16)7-9-19(17,18)2/h13-18,26H,3-11H2,1-2H3/t13-,14+,15?,16?,17-,18?,19-,20-/m1/s1. The third kappa shape index (κ3) is 2.59. The highest BCUT2D eigenvalue weighted by Gasteiger charge is 2.62. The summed E-state index contributed by atoms with van der Waals surface area (Å²) in [6.07, 6.45) is 1.70. The van der Waals surface area contributed by atoms with Crippen LogP contribution in [0, 0.1) is 40.9 Å². The first kappa shape index (κ1) is 18.8. The highest BCUT2D eigenvalue weighted by atomic mass is 19.4. The number of fused-ring (bicyclic) bond motifs is 5. The average molecular weight is 372 g/mol. The molecule has 0 amide bonds. The van der Waals surface area contributed by atoms with Gasteiger partial charge in [-0.1, -0.05) is 6.92 Å². The summed E-state index contributed by atoms with van der Waals surface area (Å²) in [4.78, 5) is 12.1. The van der Waals surface area contributed by atoms with Gasteiger partial charge in [0.1, 0.15) is 5.78 Å². The molecule has 0 spiro atoms. The molecule has 4 aliphatic carbocycles. The molecule has 1 N–H and O–H groups in total. The Hall–Kier alpha value is -0.580. The zero-order valence-electron chi connectivity index (χ0n) is 15.8. The van der Waals surface area contributed by atoms with Crippen LogP contribution < -0.4 is 0 Å². The Balaban J connectivity index is 1.53. The second kappa shape index (κ2) is 5.96. The van der Waals surface area contributed by atoms with Gasteiger partial charge in [-0.25, -0.2) is 0 Å². The number of rotatable bonds is 1. The SMILES string of the molecule is CC(=O)[C@H]1CCC2C3CC[C@@H]4C[C@@](O)(C(F)(F)F)CC[C@@H]4C3CC[C@@]21C. The molecule has 5 heteroatoms. The largest absolute Gasteiger partial charge is 0.417 e. The lowest BCUT2D eigenvalue weighted by molar-refractivity contribution is -0.282. The van der Waals surface area contributed by atoms with Crippen LogP contribution >= 0.6 is 0 Å². The van der Waals surface area contributed by atoms with E-state index in [0.29, 0.717) is 35.9 Å². The lowest BCUT2D eigenvalue weighted by Crippen LogP contribution is -2.55. The van der Waals surface area contributed by atoms with Crippen molar-refractivity contribution in [2.75, 3.05) is 0 Å². The molecule has 3 unspecified atom stereocenters. The number of alkyl halides is 3. The number of hydrogen-bond donors (Lipinski definition) is 1. The fourth-order valence-corrected chi connectivity index (χ4v) is 7.80. The van der Waals surface area contributed by atoms with Crippen molar-refractivity contribution in [1.82, 2.24) is 0 Å². The Morgan fingerprint density at radius 2 is 1.65 bits per heavy atom. The maximum atomic E-state index is 13.3. The topological polar surface area (TPSA) is 37.3 Å². The molecule has 26 heavy (non-hydrogen) atoms. The van der Waals surface area contributed by atoms with Crippen LogP contribution in [-0.2, 0) is 4.79 Å². The van der Waals surface area contributed by atoms with Crippen molar-refractivity contribution >= 4 is 5.78 Å². The molecule has 0 aliphatic heterocycles. The zero-order valence-corrected chi connectivity index (χ0v) is 15.8. The van der Waals surface area contributed by atoms with Crippen molar-refractivity contribution < 1.29 is 23.1 Å². The van der Waals surface area contributed by atoms with Crippen molar-refractivity contribution in [2.45, 2.75) is 83.4 Å². The maximum absolute atomic E-state index is 13.3. The average Bonchev–Trinajstić information content (AvgIpc) is 2.90. The van der Waals surface area contributed by atoms with Gasteiger partial charge in [-0.3, -0.25) is 4.79 Å². The summed E-state index contributed by atoms with van der Waals surface area (Å²) in [7, 11) is 0. The van der Waals surface area contributed by atoms with E-state index in [4.69, 9.17) is 0 Å². The Morgan fingerprint density at radius 3 is 2.31 bits per heavy atom. The summed E-state index contributed by atoms with van der Waals surface area (Å²) in [6, 6.07) is 0. The Kier molecular flexibility index (Phi) is 4.30. The summed E-state index contributed by atoms with van der Waals surface area (Å²) in [5.41, 5.74) is -2.38. The number of ketones is 1. The molecule has 8 atom stereocenters. The van der Waals surface area contributed by atoms with Gasteiger partial charge in [0.2, 0.25) is 0 Å². The van der Waals surface area contributed by atoms with E-state index >= 15 is 0 Å². The van der Waals surface area contributed by atoms with Gasteiger partial charge in [-0.2, -0.15) is 13.2 Å². The molecule has 0 bridgehead atoms. The zero-order chi connectivity index (χ0) is 18.9. The number of hydrogen-bond acceptors (Lipinski definition) is 2. The molecule has 0 aromatic rings. The first-order valence-electron chi connectivity index (χ1n) is 10.4. The monoisotopic (exact) mass is 372 g/mol. The molecule has 4 aliphatic rings. The number of Topliss-reactive ketones (excluding diaryl/α,β-unsaturated/α-hetero) is 1. The van der Waals surface area contributed by atoms with E-state index < -0.39 is 11.8 Å². The minimum atomic E-state index is -4.51. The van der Waals surface area contributed by atoms with Crippen molar-refractivity contribution in [2.24, 2.45) is 40.9 Å². The van der Waals surface area contributed by atoms with E-state index in [1.807, 2.05) is 0 Å². The Bertz CT molecular complexity index is 588. The van der Waals surface area contributed by atoms with E-state index in [2.05, 4.69) is 6.92 Å². The van der Waals surface area contributed by atoms with Gasteiger partial charge < -0.3 is 5.11 Å². The normalized spacial score (nSPS) is 51.3. The van der Waals surface area contributed by atoms with Crippen molar-refractivity contribution in [1.29, 1.82) is 0 Å². The predicted octanol–water partition coefficient (Wildman–Crippen LogP) is 5.14. The Labute approximate surface area is 153 Å². The van der Waals surface area contributed by atoms with Crippen LogP contribution in [0.1, 0.15) is 71.6 Å². The van der Waals surface area contributed by atoms with Gasteiger partial charge >= 0.3 is 6.18 Å². The van der Waals surface area contributed by atoms with E-state index in [0.717, 1.165) is 38.5 Å². The minimum absolute atomic E-state index is 0.00554. The highest BCUT2D eigenvalue weighted by molar-refractivity contribution is 5.79. The summed E-state index contributed by atoms with van der Waals surface area (Å²) in [6.45, 7) is 4.02. The van der Waals surface area contributed by atoms with Crippen LogP contribution in [0.4, 0.5) is 13.2 Å². The number of aliphatic hydroxyl groups is 1. The number of halogens is 3. The van der Waals surface area contributed by atoms with E-state index in [9.17, 15) is 23.1 Å². The second-order valence-electron chi connectivity index (χ2n) is 9.99. The Morgan fingerprint density at radius 1 is 0.962 bits per heavy atom. The molecular weight excluding hydrogens is 341 g/mol. The first-order chi connectivity index (χ1) is 12.1. The minimum Gasteiger partial charge on any atom is -0.380 e. The van der Waals surface area contributed by atoms with Gasteiger partial charge in [0, 0.05) is 5.92 Å². The maximum Gasteiger partial charge on any atom is 0.417 e. The van der Waals surface area contributed by atoms with Gasteiger partial charge in [-0.15, -0.1) is 0 Å². The summed E-state index contributed by atoms with van der Waals surface area (Å²) >= 11 is 0. The third-order valence-electron chi connectivity index (χ3n) is 9.03. The van der Waals surface area contributed by atoms with Gasteiger partial charge in [0.25, 0.3) is 0 Å². The smallest absolute Gasteiger partial charge is 0.380 e. The molecule has 0 heterocycles. The summed E-state index contributed by atoms with van der Waals surface area (Å²) < 4.78 is 39.8. The molecule has 4 fully saturated rings. The van der Waals surface area contributed by atoms with E-state index in [1.165, 1.54) is 0 Å². The molecule has 0 aromatic carbocycles. The lowest BCUT2D eigenvalue weighted by Gasteiger charge is -2.57. The quantitative estimate of drug-likeness (QED) is 0.692. The van der Waals surface area contributed by atoms with E-state index in [1.54, 1.807) is 6.92 Å². The molecule has 4 rings (SSSR count). The fourth-order valence-electron chi connectivity index (χ4n) is 7.80. The molecule has 0 aromatic heterocycles. The molecule has 0 saturated heterocycles. The van der Waals surface area contributed by atoms with E-state index in [-0.39, 0.29) is 30.1 Å². The van der Waals surface area contributed by atoms with Crippen LogP contribution in [0.2, 0.25) is 0 Å². The van der Waals surface area contributed by atoms with Crippen LogP contribution in [0.15, 0.2) is 0 Å². The fraction of sp³-hybridized carbons (Fsp3) is 0.952. The van der Waals surface area contributed by atoms with Crippen LogP contribution in [0.3, 0.4) is 0 Å². The van der Waals surface area contributed by atoms with Crippen LogP contribution in [-0.4, -0.2) is 22.7 Å². The summed E-state index contributed by atoms with van der Waals surface area (Å²) in [5, 5.41) is 10.2. The number of carbonyl (C=O) groups is 1. The molecule has 0 radical (unpaired) electrons. The third-order valence-corrected chi connectivity index (χ3v) is 9.03. The first-order valence-corrected chi connectivity index (χ1v) is 10.4.